The van der Waals surface area contributed by atoms with Gasteiger partial charge in [-0.05, 0) is 24.0 Å². The monoisotopic (exact) mass is 363 g/mol. The average molecular weight is 364 g/mol. The SMILES string of the molecule is CN(Cc1cccnc1)c1nc(-c2ccccc2)c(CC2CCCC2)s1. The molecule has 3 nitrogen and oxygen atoms in total. The van der Waals surface area contributed by atoms with Crippen LogP contribution in [-0.4, -0.2) is 17.0 Å². The Hall–Kier alpha value is -2.20. The first-order valence-electron chi connectivity index (χ1n) is 9.45. The number of hydrogen-bond donors (Lipinski definition) is 0. The summed E-state index contributed by atoms with van der Waals surface area (Å²) in [5.41, 5.74) is 3.62. The summed E-state index contributed by atoms with van der Waals surface area (Å²) in [4.78, 5) is 13.0. The molecule has 3 aromatic rings. The van der Waals surface area contributed by atoms with Gasteiger partial charge in [-0.1, -0.05) is 62.1 Å². The van der Waals surface area contributed by atoms with Crippen LogP contribution in [-0.2, 0) is 13.0 Å². The second-order valence-electron chi connectivity index (χ2n) is 7.21. The van der Waals surface area contributed by atoms with Crippen LogP contribution in [0.15, 0.2) is 54.9 Å². The Kier molecular flexibility index (Phi) is 5.30. The number of aromatic nitrogens is 2. The molecule has 1 fully saturated rings. The quantitative estimate of drug-likeness (QED) is 0.573. The molecule has 26 heavy (non-hydrogen) atoms. The molecule has 0 aliphatic heterocycles. The third-order valence-corrected chi connectivity index (χ3v) is 6.34. The van der Waals surface area contributed by atoms with Crippen molar-refractivity contribution in [1.82, 2.24) is 9.97 Å². The standard InChI is InChI=1S/C22H25N3S/c1-25(16-18-10-7-13-23-15-18)22-24-21(19-11-3-2-4-12-19)20(26-22)14-17-8-5-6-9-17/h2-4,7,10-13,15,17H,5-6,8-9,14,16H2,1H3. The first kappa shape index (κ1) is 17.2. The Bertz CT molecular complexity index is 823. The molecule has 1 aliphatic rings. The summed E-state index contributed by atoms with van der Waals surface area (Å²) in [6.07, 6.45) is 10.4. The molecule has 4 heteroatoms. The topological polar surface area (TPSA) is 29.0 Å². The van der Waals surface area contributed by atoms with Crippen LogP contribution < -0.4 is 4.90 Å². The minimum Gasteiger partial charge on any atom is -0.347 e. The lowest BCUT2D eigenvalue weighted by Crippen LogP contribution is -2.16. The van der Waals surface area contributed by atoms with E-state index >= 15 is 0 Å². The number of hydrogen-bond acceptors (Lipinski definition) is 4. The molecule has 0 radical (unpaired) electrons. The Morgan fingerprint density at radius 2 is 1.88 bits per heavy atom. The van der Waals surface area contributed by atoms with Gasteiger partial charge in [-0.15, -0.1) is 11.3 Å². The van der Waals surface area contributed by atoms with E-state index in [-0.39, 0.29) is 0 Å². The fourth-order valence-corrected chi connectivity index (χ4v) is 4.93. The van der Waals surface area contributed by atoms with E-state index in [1.54, 1.807) is 0 Å². The fraction of sp³-hybridized carbons (Fsp3) is 0.364. The van der Waals surface area contributed by atoms with E-state index < -0.39 is 0 Å². The van der Waals surface area contributed by atoms with Crippen molar-refractivity contribution in [3.8, 4) is 11.3 Å². The van der Waals surface area contributed by atoms with Gasteiger partial charge in [0, 0.05) is 36.4 Å². The van der Waals surface area contributed by atoms with Gasteiger partial charge in [0.25, 0.3) is 0 Å². The highest BCUT2D eigenvalue weighted by Crippen LogP contribution is 2.37. The number of pyridine rings is 1. The highest BCUT2D eigenvalue weighted by molar-refractivity contribution is 7.16. The highest BCUT2D eigenvalue weighted by Gasteiger charge is 2.21. The second-order valence-corrected chi connectivity index (χ2v) is 8.27. The van der Waals surface area contributed by atoms with Gasteiger partial charge in [0.15, 0.2) is 5.13 Å². The van der Waals surface area contributed by atoms with Crippen molar-refractivity contribution in [2.45, 2.75) is 38.6 Å². The van der Waals surface area contributed by atoms with Crippen molar-refractivity contribution in [1.29, 1.82) is 0 Å². The Balaban J connectivity index is 1.61. The van der Waals surface area contributed by atoms with E-state index in [1.807, 2.05) is 29.8 Å². The van der Waals surface area contributed by atoms with Crippen LogP contribution in [0.5, 0.6) is 0 Å². The van der Waals surface area contributed by atoms with Gasteiger partial charge in [0.1, 0.15) is 0 Å². The zero-order valence-electron chi connectivity index (χ0n) is 15.3. The van der Waals surface area contributed by atoms with Gasteiger partial charge >= 0.3 is 0 Å². The smallest absolute Gasteiger partial charge is 0.186 e. The largest absolute Gasteiger partial charge is 0.347 e. The van der Waals surface area contributed by atoms with Crippen molar-refractivity contribution in [3.63, 3.8) is 0 Å². The molecule has 0 amide bonds. The van der Waals surface area contributed by atoms with Gasteiger partial charge in [-0.3, -0.25) is 4.98 Å². The first-order chi connectivity index (χ1) is 12.8. The number of nitrogens with zero attached hydrogens (tertiary/aromatic N) is 3. The second kappa shape index (κ2) is 8.00. The molecular formula is C22H25N3S. The molecule has 0 spiro atoms. The summed E-state index contributed by atoms with van der Waals surface area (Å²) in [5.74, 6) is 0.828. The van der Waals surface area contributed by atoms with Gasteiger partial charge < -0.3 is 4.90 Å². The van der Waals surface area contributed by atoms with E-state index in [0.717, 1.165) is 17.6 Å². The summed E-state index contributed by atoms with van der Waals surface area (Å²) in [6.45, 7) is 0.832. The summed E-state index contributed by atoms with van der Waals surface area (Å²) >= 11 is 1.86. The molecule has 2 heterocycles. The van der Waals surface area contributed by atoms with Gasteiger partial charge in [-0.25, -0.2) is 4.98 Å². The number of anilines is 1. The van der Waals surface area contributed by atoms with Crippen molar-refractivity contribution in [2.75, 3.05) is 11.9 Å². The minimum absolute atomic E-state index is 0.828. The van der Waals surface area contributed by atoms with E-state index in [0.29, 0.717) is 0 Å². The third-order valence-electron chi connectivity index (χ3n) is 5.15. The molecule has 2 aromatic heterocycles. The van der Waals surface area contributed by atoms with E-state index in [2.05, 4.69) is 53.3 Å². The molecule has 0 bridgehead atoms. The van der Waals surface area contributed by atoms with Crippen molar-refractivity contribution >= 4 is 16.5 Å². The lowest BCUT2D eigenvalue weighted by Gasteiger charge is -2.15. The van der Waals surface area contributed by atoms with Gasteiger partial charge in [0.2, 0.25) is 0 Å². The molecular weight excluding hydrogens is 338 g/mol. The van der Waals surface area contributed by atoms with Gasteiger partial charge in [0.05, 0.1) is 5.69 Å². The van der Waals surface area contributed by atoms with Crippen LogP contribution in [0.4, 0.5) is 5.13 Å². The summed E-state index contributed by atoms with van der Waals surface area (Å²) in [7, 11) is 2.12. The Morgan fingerprint density at radius 3 is 2.62 bits per heavy atom. The number of rotatable bonds is 6. The number of benzene rings is 1. The van der Waals surface area contributed by atoms with Crippen molar-refractivity contribution in [3.05, 3.63) is 65.3 Å². The zero-order valence-corrected chi connectivity index (χ0v) is 16.1. The van der Waals surface area contributed by atoms with E-state index in [1.165, 1.54) is 53.8 Å². The third kappa shape index (κ3) is 3.96. The van der Waals surface area contributed by atoms with E-state index in [9.17, 15) is 0 Å². The van der Waals surface area contributed by atoms with Crippen LogP contribution in [0.3, 0.4) is 0 Å². The summed E-state index contributed by atoms with van der Waals surface area (Å²) in [6, 6.07) is 14.7. The molecule has 1 aromatic carbocycles. The van der Waals surface area contributed by atoms with Gasteiger partial charge in [-0.2, -0.15) is 0 Å². The molecule has 1 saturated carbocycles. The maximum absolute atomic E-state index is 5.04. The van der Waals surface area contributed by atoms with E-state index in [4.69, 9.17) is 4.98 Å². The molecule has 0 unspecified atom stereocenters. The maximum atomic E-state index is 5.04. The lowest BCUT2D eigenvalue weighted by molar-refractivity contribution is 0.551. The normalized spacial score (nSPS) is 14.7. The molecule has 134 valence electrons. The predicted molar refractivity (Wildman–Crippen MR) is 110 cm³/mol. The van der Waals surface area contributed by atoms with Crippen molar-refractivity contribution < 1.29 is 0 Å². The zero-order chi connectivity index (χ0) is 17.8. The molecule has 1 aliphatic carbocycles. The fourth-order valence-electron chi connectivity index (χ4n) is 3.77. The highest BCUT2D eigenvalue weighted by atomic mass is 32.1. The van der Waals surface area contributed by atoms with Crippen LogP contribution in [0.1, 0.15) is 36.1 Å². The van der Waals surface area contributed by atoms with Crippen LogP contribution in [0, 0.1) is 5.92 Å². The Labute approximate surface area is 159 Å². The molecule has 0 N–H and O–H groups in total. The first-order valence-corrected chi connectivity index (χ1v) is 10.3. The molecule has 4 rings (SSSR count). The Morgan fingerprint density at radius 1 is 1.08 bits per heavy atom. The molecule has 0 atom stereocenters. The van der Waals surface area contributed by atoms with Crippen LogP contribution >= 0.6 is 11.3 Å². The summed E-state index contributed by atoms with van der Waals surface area (Å²) in [5, 5.41) is 1.10. The lowest BCUT2D eigenvalue weighted by atomic mass is 10.0. The minimum atomic E-state index is 0.828. The predicted octanol–water partition coefficient (Wildman–Crippen LogP) is 5.57. The average Bonchev–Trinajstić information content (AvgIpc) is 3.34. The number of thiazole rings is 1. The van der Waals surface area contributed by atoms with Crippen molar-refractivity contribution in [2.24, 2.45) is 5.92 Å². The van der Waals surface area contributed by atoms with Crippen LogP contribution in [0.2, 0.25) is 0 Å². The molecule has 0 saturated heterocycles. The maximum Gasteiger partial charge on any atom is 0.186 e. The summed E-state index contributed by atoms with van der Waals surface area (Å²) < 4.78 is 0. The van der Waals surface area contributed by atoms with Crippen LogP contribution in [0.25, 0.3) is 11.3 Å².